The number of fused-ring (bicyclic) bond motifs is 8. The zero-order chi connectivity index (χ0) is 30.6. The smallest absolute Gasteiger partial charge is 0.251 e. The Labute approximate surface area is 267 Å². The maximum absolute atomic E-state index is 14.7. The molecule has 11 heteroatoms. The predicted octanol–water partition coefficient (Wildman–Crippen LogP) is 4.11. The number of likely N-dealkylation sites (N-methyl/N-ethyl adjacent to an activating group) is 1. The number of carbonyl (C=O) groups excluding carboxylic acids is 1. The van der Waals surface area contributed by atoms with Crippen molar-refractivity contribution < 1.29 is 18.3 Å². The Morgan fingerprint density at radius 2 is 2.04 bits per heavy atom. The summed E-state index contributed by atoms with van der Waals surface area (Å²) < 4.78 is 36.1. The van der Waals surface area contributed by atoms with E-state index in [1.807, 2.05) is 30.1 Å². The second kappa shape index (κ2) is 10.3. The van der Waals surface area contributed by atoms with E-state index in [1.165, 1.54) is 11.6 Å². The maximum Gasteiger partial charge on any atom is 0.251 e. The highest BCUT2D eigenvalue weighted by Gasteiger charge is 2.54. The molecule has 7 aliphatic heterocycles. The lowest BCUT2D eigenvalue weighted by molar-refractivity contribution is -0.139. The predicted molar refractivity (Wildman–Crippen MR) is 169 cm³/mol. The second-order valence-corrected chi connectivity index (χ2v) is 14.4. The minimum absolute atomic E-state index is 0.0984. The van der Waals surface area contributed by atoms with Crippen molar-refractivity contribution in [1.82, 2.24) is 25.3 Å². The monoisotopic (exact) mass is 636 g/mol. The summed E-state index contributed by atoms with van der Waals surface area (Å²) in [6.45, 7) is 3.86. The van der Waals surface area contributed by atoms with Gasteiger partial charge in [0.05, 0.1) is 29.6 Å². The molecule has 2 bridgehead atoms. The van der Waals surface area contributed by atoms with Crippen LogP contribution in [0, 0.1) is 5.82 Å². The molecule has 2 aromatic rings. The minimum atomic E-state index is -0.836. The molecule has 6 atom stereocenters. The molecule has 7 heterocycles. The first kappa shape index (κ1) is 28.3. The Morgan fingerprint density at radius 3 is 2.93 bits per heavy atom. The first-order valence-electron chi connectivity index (χ1n) is 16.5. The lowest BCUT2D eigenvalue weighted by atomic mass is 9.89. The highest BCUT2D eigenvalue weighted by atomic mass is 35.5. The van der Waals surface area contributed by atoms with Crippen LogP contribution in [-0.4, -0.2) is 103 Å². The average Bonchev–Trinajstić information content (AvgIpc) is 3.70. The van der Waals surface area contributed by atoms with Crippen LogP contribution < -0.4 is 15.5 Å². The van der Waals surface area contributed by atoms with Gasteiger partial charge >= 0.3 is 0 Å². The van der Waals surface area contributed by atoms with Gasteiger partial charge in [-0.2, -0.15) is 0 Å². The third-order valence-electron chi connectivity index (χ3n) is 11.6. The number of nitrogens with one attached hydrogen (secondary N) is 2. The number of allylic oxidation sites excluding steroid dienone is 1. The van der Waals surface area contributed by atoms with E-state index in [2.05, 4.69) is 25.3 Å². The third-order valence-corrected chi connectivity index (χ3v) is 12.0. The topological polar surface area (TPSA) is 63.3 Å². The summed E-state index contributed by atoms with van der Waals surface area (Å²) in [6.07, 6.45) is 3.89. The van der Waals surface area contributed by atoms with Crippen LogP contribution in [0.1, 0.15) is 38.5 Å². The van der Waals surface area contributed by atoms with E-state index >= 15 is 0 Å². The van der Waals surface area contributed by atoms with Crippen LogP contribution in [0.3, 0.4) is 0 Å². The molecule has 4 unspecified atom stereocenters. The van der Waals surface area contributed by atoms with Crippen molar-refractivity contribution in [1.29, 1.82) is 0 Å². The fraction of sp³-hybridized carbons (Fsp3) is 0.559. The number of hydrogen-bond donors (Lipinski definition) is 2. The molecule has 4 fully saturated rings. The third kappa shape index (κ3) is 4.21. The number of halogens is 3. The van der Waals surface area contributed by atoms with E-state index in [4.69, 9.17) is 16.3 Å². The van der Waals surface area contributed by atoms with Gasteiger partial charge in [-0.15, -0.1) is 0 Å². The summed E-state index contributed by atoms with van der Waals surface area (Å²) in [6, 6.07) is 9.40. The van der Waals surface area contributed by atoms with Crippen LogP contribution in [0.5, 0.6) is 0 Å². The van der Waals surface area contributed by atoms with Crippen LogP contribution in [-0.2, 0) is 9.53 Å². The van der Waals surface area contributed by atoms with E-state index in [-0.39, 0.29) is 28.6 Å². The van der Waals surface area contributed by atoms with E-state index in [9.17, 15) is 13.6 Å². The molecule has 8 nitrogen and oxygen atoms in total. The van der Waals surface area contributed by atoms with Gasteiger partial charge in [0.1, 0.15) is 18.0 Å². The van der Waals surface area contributed by atoms with Crippen LogP contribution >= 0.6 is 11.6 Å². The summed E-state index contributed by atoms with van der Waals surface area (Å²) in [5.41, 5.74) is 4.86. The summed E-state index contributed by atoms with van der Waals surface area (Å²) in [7, 11) is 1.88. The number of hydrogen-bond acceptors (Lipinski definition) is 7. The van der Waals surface area contributed by atoms with Gasteiger partial charge in [0.25, 0.3) is 5.91 Å². The van der Waals surface area contributed by atoms with Crippen molar-refractivity contribution in [2.24, 2.45) is 0 Å². The van der Waals surface area contributed by atoms with Crippen molar-refractivity contribution in [3.63, 3.8) is 0 Å². The lowest BCUT2D eigenvalue weighted by Gasteiger charge is -2.53. The first-order valence-corrected chi connectivity index (χ1v) is 16.8. The van der Waals surface area contributed by atoms with Crippen molar-refractivity contribution in [3.05, 3.63) is 63.8 Å². The zero-order valence-electron chi connectivity index (χ0n) is 25.5. The zero-order valence-corrected chi connectivity index (χ0v) is 26.3. The van der Waals surface area contributed by atoms with Gasteiger partial charge in [-0.25, -0.2) is 8.78 Å². The number of anilines is 1. The van der Waals surface area contributed by atoms with Crippen LogP contribution in [0.2, 0.25) is 5.02 Å². The van der Waals surface area contributed by atoms with E-state index in [0.29, 0.717) is 32.2 Å². The number of amides is 1. The lowest BCUT2D eigenvalue weighted by Crippen LogP contribution is -2.67. The van der Waals surface area contributed by atoms with Gasteiger partial charge in [0, 0.05) is 73.1 Å². The molecule has 2 N–H and O–H groups in total. The molecule has 0 saturated carbocycles. The van der Waals surface area contributed by atoms with Crippen LogP contribution in [0.4, 0.5) is 14.5 Å². The molecule has 1 amide bonds. The Hall–Kier alpha value is -2.92. The SMILES string of the molecule is CN1C(=O)C2C3CCC(CN2C2=C1C(OC[C@@]14CCCN1C[C@H](F)C4)NC1=C2CCN(c2cccc4ccc(F)c(Cl)c24)C1)N3. The molecule has 0 aliphatic carbocycles. The molecular weight excluding hydrogens is 598 g/mol. The van der Waals surface area contributed by atoms with Crippen LogP contribution in [0.15, 0.2) is 53.0 Å². The number of rotatable bonds is 4. The fourth-order valence-electron chi connectivity index (χ4n) is 9.55. The second-order valence-electron chi connectivity index (χ2n) is 14.1. The Kier molecular flexibility index (Phi) is 6.47. The number of nitrogens with zero attached hydrogens (tertiary/aromatic N) is 4. The number of piperazine rings is 1. The molecule has 0 aromatic heterocycles. The molecular formula is C34H39ClF2N6O2. The molecule has 4 saturated heterocycles. The number of carbonyl (C=O) groups is 1. The average molecular weight is 637 g/mol. The first-order chi connectivity index (χ1) is 21.8. The molecule has 0 radical (unpaired) electrons. The number of dihydropyridines is 1. The summed E-state index contributed by atoms with van der Waals surface area (Å²) in [5, 5.41) is 9.18. The minimum Gasteiger partial charge on any atom is -0.365 e. The van der Waals surface area contributed by atoms with Gasteiger partial charge < -0.3 is 30.1 Å². The van der Waals surface area contributed by atoms with Crippen molar-refractivity contribution in [2.75, 3.05) is 51.3 Å². The van der Waals surface area contributed by atoms with Gasteiger partial charge in [-0.3, -0.25) is 9.69 Å². The Bertz CT molecular complexity index is 1670. The largest absolute Gasteiger partial charge is 0.365 e. The Balaban J connectivity index is 1.11. The van der Waals surface area contributed by atoms with E-state index in [1.54, 1.807) is 6.07 Å². The van der Waals surface area contributed by atoms with Gasteiger partial charge in [0.2, 0.25) is 0 Å². The molecule has 2 aromatic carbocycles. The normalized spacial score (nSPS) is 34.4. The number of benzene rings is 2. The van der Waals surface area contributed by atoms with Crippen molar-refractivity contribution in [3.8, 4) is 0 Å². The molecule has 0 spiro atoms. The van der Waals surface area contributed by atoms with E-state index < -0.39 is 18.2 Å². The summed E-state index contributed by atoms with van der Waals surface area (Å²) in [4.78, 5) is 22.7. The number of alkyl halides is 1. The molecule has 238 valence electrons. The number of ether oxygens (including phenoxy) is 1. The van der Waals surface area contributed by atoms with Gasteiger partial charge in [0.15, 0.2) is 6.23 Å². The molecule has 45 heavy (non-hydrogen) atoms. The maximum atomic E-state index is 14.7. The highest BCUT2D eigenvalue weighted by Crippen LogP contribution is 2.46. The van der Waals surface area contributed by atoms with Crippen molar-refractivity contribution >= 4 is 34.0 Å². The molecule has 7 aliphatic rings. The van der Waals surface area contributed by atoms with Crippen LogP contribution in [0.25, 0.3) is 10.8 Å². The quantitative estimate of drug-likeness (QED) is 0.524. The van der Waals surface area contributed by atoms with E-state index in [0.717, 1.165) is 85.3 Å². The van der Waals surface area contributed by atoms with Crippen molar-refractivity contribution in [2.45, 2.75) is 74.6 Å². The fourth-order valence-corrected chi connectivity index (χ4v) is 9.82. The highest BCUT2D eigenvalue weighted by molar-refractivity contribution is 6.36. The Morgan fingerprint density at radius 1 is 1.16 bits per heavy atom. The standard InChI is InChI=1S/C34H39ClF2N6O2/c1-40-31-29(43-16-21-7-9-24(38-21)30(43)33(40)44)22-10-13-41(26-5-2-4-19-6-8-23(37)28(35)27(19)26)17-25(22)39-32(31)45-18-34-11-3-12-42(34)15-20(36)14-34/h2,4-6,8,20-21,24,30,32,38-39H,3,7,9-18H2,1H3/t20-,21?,24?,30?,32?,34+/m1/s1. The summed E-state index contributed by atoms with van der Waals surface area (Å²) in [5.74, 6) is -0.328. The molecule has 9 rings (SSSR count). The summed E-state index contributed by atoms with van der Waals surface area (Å²) >= 11 is 6.56. The van der Waals surface area contributed by atoms with Gasteiger partial charge in [-0.05, 0) is 56.2 Å². The van der Waals surface area contributed by atoms with Gasteiger partial charge in [-0.1, -0.05) is 29.8 Å².